The molecule has 1 aromatic carbocycles. The fraction of sp³-hybridized carbons (Fsp3) is 0.676. The lowest BCUT2D eigenvalue weighted by Gasteiger charge is -2.55. The number of nitrogens with zero attached hydrogens (tertiary/aromatic N) is 7. The Balaban J connectivity index is 0.00000417. The number of aromatic nitrogens is 2. The molecular weight excluding hydrogens is 671 g/mol. The monoisotopic (exact) mass is 720 g/mol. The zero-order valence-corrected chi connectivity index (χ0v) is 30.6. The number of hydrogen-bond acceptors (Lipinski definition) is 9. The van der Waals surface area contributed by atoms with E-state index in [9.17, 15) is 17.6 Å². The molecule has 2 aromatic rings. The van der Waals surface area contributed by atoms with Gasteiger partial charge in [0.1, 0.15) is 17.9 Å². The molecule has 1 N–H and O–H groups in total. The molecule has 15 heteroatoms. The molecule has 1 amide bonds. The van der Waals surface area contributed by atoms with E-state index in [0.29, 0.717) is 43.7 Å². The number of anilines is 1. The average Bonchev–Trinajstić information content (AvgIpc) is 3.45. The number of piperidine rings is 1. The first-order valence-electron chi connectivity index (χ1n) is 17.4. The number of carbonyl (C=O) groups excluding carboxylic acids is 1. The fourth-order valence-electron chi connectivity index (χ4n) is 8.39. The summed E-state index contributed by atoms with van der Waals surface area (Å²) in [5.74, 6) is 0.953. The minimum absolute atomic E-state index is 0. The van der Waals surface area contributed by atoms with Gasteiger partial charge < -0.3 is 24.8 Å². The van der Waals surface area contributed by atoms with Crippen molar-refractivity contribution >= 4 is 34.3 Å². The Bertz CT molecular complexity index is 1610. The minimum Gasteiger partial charge on any atom is -0.451 e. The van der Waals surface area contributed by atoms with Gasteiger partial charge in [-0.3, -0.25) is 4.79 Å². The summed E-state index contributed by atoms with van der Waals surface area (Å²) in [4.78, 5) is 28.7. The third-order valence-electron chi connectivity index (χ3n) is 11.1. The van der Waals surface area contributed by atoms with Crippen molar-refractivity contribution in [2.75, 3.05) is 76.9 Å². The first-order chi connectivity index (χ1) is 22.9. The van der Waals surface area contributed by atoms with Gasteiger partial charge in [-0.1, -0.05) is 0 Å². The van der Waals surface area contributed by atoms with Crippen LogP contribution in [0.4, 0.5) is 10.2 Å². The fourth-order valence-corrected chi connectivity index (χ4v) is 10.3. The number of benzene rings is 1. The Hall–Kier alpha value is -2.62. The molecule has 0 radical (unpaired) electrons. The molecule has 1 aromatic heterocycles. The Kier molecular flexibility index (Phi) is 10.2. The lowest BCUT2D eigenvalue weighted by Crippen LogP contribution is -2.72. The molecular formula is C34H50ClFN8O4S. The van der Waals surface area contributed by atoms with E-state index < -0.39 is 16.0 Å². The van der Waals surface area contributed by atoms with Crippen molar-refractivity contribution in [3.8, 4) is 11.5 Å². The minimum atomic E-state index is -3.35. The number of carbonyl (C=O) groups is 1. The summed E-state index contributed by atoms with van der Waals surface area (Å²) in [6.07, 6.45) is 6.16. The molecule has 5 aliphatic heterocycles. The molecule has 7 rings (SSSR count). The molecule has 49 heavy (non-hydrogen) atoms. The molecule has 5 aliphatic rings. The summed E-state index contributed by atoms with van der Waals surface area (Å²) in [6, 6.07) is 3.90. The highest BCUT2D eigenvalue weighted by atomic mass is 35.5. The van der Waals surface area contributed by atoms with E-state index in [0.717, 1.165) is 65.1 Å². The van der Waals surface area contributed by atoms with Gasteiger partial charge in [-0.15, -0.1) is 12.4 Å². The van der Waals surface area contributed by atoms with Crippen molar-refractivity contribution in [3.63, 3.8) is 0 Å². The standard InChI is InChI=1S/C34H49FN8O4S.ClH/c1-24(2)43(25(3)4)32(44)28-13-27(35)5-6-29(28)47-30-14-36-23-38-31(30)40-19-33(20-40)8-11-39(12-9-33)15-26-7-10-41(16-26)48(45,46)42-21-34(22-42)17-37-18-34;/h5-6,13-14,23-26,37H,7-12,15-22H2,1-4H3;1H/t26-;/m1./s1. The zero-order valence-electron chi connectivity index (χ0n) is 29.0. The summed E-state index contributed by atoms with van der Waals surface area (Å²) >= 11 is 0. The molecule has 5 fully saturated rings. The lowest BCUT2D eigenvalue weighted by atomic mass is 9.72. The molecule has 0 bridgehead atoms. The highest BCUT2D eigenvalue weighted by Crippen LogP contribution is 2.45. The van der Waals surface area contributed by atoms with Gasteiger partial charge in [0.25, 0.3) is 16.1 Å². The van der Waals surface area contributed by atoms with E-state index in [1.807, 2.05) is 27.7 Å². The predicted octanol–water partition coefficient (Wildman–Crippen LogP) is 3.46. The van der Waals surface area contributed by atoms with Crippen molar-refractivity contribution in [2.45, 2.75) is 59.0 Å². The summed E-state index contributed by atoms with van der Waals surface area (Å²) < 4.78 is 50.4. The second kappa shape index (κ2) is 13.8. The maximum atomic E-state index is 14.4. The Labute approximate surface area is 295 Å². The van der Waals surface area contributed by atoms with Gasteiger partial charge in [0, 0.05) is 81.8 Å². The highest BCUT2D eigenvalue weighted by molar-refractivity contribution is 7.86. The van der Waals surface area contributed by atoms with Crippen LogP contribution in [0, 0.1) is 22.6 Å². The van der Waals surface area contributed by atoms with Crippen molar-refractivity contribution in [1.29, 1.82) is 0 Å². The van der Waals surface area contributed by atoms with Crippen LogP contribution in [0.3, 0.4) is 0 Å². The number of halogens is 2. The number of rotatable bonds is 10. The number of hydrogen-bond donors (Lipinski definition) is 1. The maximum absolute atomic E-state index is 14.4. The van der Waals surface area contributed by atoms with E-state index in [1.165, 1.54) is 24.5 Å². The van der Waals surface area contributed by atoms with Crippen LogP contribution in [-0.4, -0.2) is 127 Å². The van der Waals surface area contributed by atoms with Gasteiger partial charge >= 0.3 is 0 Å². The number of likely N-dealkylation sites (tertiary alicyclic amines) is 1. The summed E-state index contributed by atoms with van der Waals surface area (Å²) in [7, 11) is -3.35. The molecule has 1 atom stereocenters. The van der Waals surface area contributed by atoms with Crippen LogP contribution in [0.15, 0.2) is 30.7 Å². The Morgan fingerprint density at radius 3 is 2.35 bits per heavy atom. The normalized spacial score (nSPS) is 23.7. The van der Waals surface area contributed by atoms with Gasteiger partial charge in [-0.25, -0.2) is 14.4 Å². The second-order valence-electron chi connectivity index (χ2n) is 15.4. The van der Waals surface area contributed by atoms with Crippen molar-refractivity contribution in [1.82, 2.24) is 33.7 Å². The van der Waals surface area contributed by atoms with E-state index in [-0.39, 0.29) is 52.5 Å². The SMILES string of the molecule is CC(C)N(C(=O)c1cc(F)ccc1Oc1cncnc1N1CC2(CCN(C[C@H]3CCN(S(=O)(=O)N4CC5(CNC5)C4)C3)CC2)C1)C(C)C.Cl. The first-order valence-corrected chi connectivity index (χ1v) is 18.8. The molecule has 12 nitrogen and oxygen atoms in total. The van der Waals surface area contributed by atoms with E-state index >= 15 is 0 Å². The second-order valence-corrected chi connectivity index (χ2v) is 17.3. The lowest BCUT2D eigenvalue weighted by molar-refractivity contribution is 0.0127. The summed E-state index contributed by atoms with van der Waals surface area (Å²) in [5, 5.41) is 3.27. The Morgan fingerprint density at radius 1 is 1.02 bits per heavy atom. The smallest absolute Gasteiger partial charge is 0.282 e. The molecule has 0 aliphatic carbocycles. The van der Waals surface area contributed by atoms with E-state index in [4.69, 9.17) is 4.74 Å². The Morgan fingerprint density at radius 2 is 1.71 bits per heavy atom. The van der Waals surface area contributed by atoms with Crippen LogP contribution in [0.2, 0.25) is 0 Å². The molecule has 0 saturated carbocycles. The predicted molar refractivity (Wildman–Crippen MR) is 188 cm³/mol. The van der Waals surface area contributed by atoms with Crippen LogP contribution < -0.4 is 15.0 Å². The zero-order chi connectivity index (χ0) is 33.8. The van der Waals surface area contributed by atoms with Crippen LogP contribution in [0.5, 0.6) is 11.5 Å². The summed E-state index contributed by atoms with van der Waals surface area (Å²) in [5.41, 5.74) is 0.549. The molecule has 2 spiro atoms. The van der Waals surface area contributed by atoms with Crippen molar-refractivity contribution in [2.24, 2.45) is 16.7 Å². The average molecular weight is 721 g/mol. The summed E-state index contributed by atoms with van der Waals surface area (Å²) in [6.45, 7) is 16.8. The topological polar surface area (TPSA) is 114 Å². The van der Waals surface area contributed by atoms with Gasteiger partial charge in [-0.05, 0) is 84.2 Å². The molecule has 6 heterocycles. The van der Waals surface area contributed by atoms with E-state index in [1.54, 1.807) is 19.7 Å². The van der Waals surface area contributed by atoms with Gasteiger partial charge in [0.05, 0.1) is 11.8 Å². The van der Waals surface area contributed by atoms with Crippen LogP contribution in [-0.2, 0) is 10.2 Å². The highest BCUT2D eigenvalue weighted by Gasteiger charge is 2.53. The number of nitrogens with one attached hydrogen (secondary N) is 1. The number of amides is 1. The molecule has 270 valence electrons. The third-order valence-corrected chi connectivity index (χ3v) is 13.0. The third kappa shape index (κ3) is 7.01. The van der Waals surface area contributed by atoms with Gasteiger partial charge in [0.2, 0.25) is 0 Å². The van der Waals surface area contributed by atoms with E-state index in [2.05, 4.69) is 25.1 Å². The van der Waals surface area contributed by atoms with Crippen LogP contribution >= 0.6 is 12.4 Å². The maximum Gasteiger partial charge on any atom is 0.282 e. The van der Waals surface area contributed by atoms with Crippen LogP contribution in [0.25, 0.3) is 0 Å². The number of ether oxygens (including phenoxy) is 1. The molecule has 0 unspecified atom stereocenters. The van der Waals surface area contributed by atoms with Gasteiger partial charge in [-0.2, -0.15) is 17.0 Å². The molecule has 5 saturated heterocycles. The van der Waals surface area contributed by atoms with Crippen molar-refractivity contribution < 1.29 is 22.3 Å². The van der Waals surface area contributed by atoms with Crippen LogP contribution in [0.1, 0.15) is 57.3 Å². The van der Waals surface area contributed by atoms with Gasteiger partial charge in [0.15, 0.2) is 11.6 Å². The largest absolute Gasteiger partial charge is 0.451 e. The first kappa shape index (κ1) is 36.2. The quantitative estimate of drug-likeness (QED) is 0.394. The van der Waals surface area contributed by atoms with Crippen molar-refractivity contribution in [3.05, 3.63) is 42.1 Å².